The van der Waals surface area contributed by atoms with E-state index in [-0.39, 0.29) is 11.7 Å². The summed E-state index contributed by atoms with van der Waals surface area (Å²) in [6.07, 6.45) is 0. The summed E-state index contributed by atoms with van der Waals surface area (Å²) < 4.78 is 12.7. The van der Waals surface area contributed by atoms with E-state index < -0.39 is 0 Å². The molecule has 1 amide bonds. The summed E-state index contributed by atoms with van der Waals surface area (Å²) in [5.41, 5.74) is 1.74. The fourth-order valence-electron chi connectivity index (χ4n) is 1.34. The summed E-state index contributed by atoms with van der Waals surface area (Å²) in [4.78, 5) is 11.3. The first-order valence-corrected chi connectivity index (χ1v) is 4.74. The van der Waals surface area contributed by atoms with E-state index in [0.29, 0.717) is 11.4 Å². The Morgan fingerprint density at radius 2 is 2.06 bits per heavy atom. The second kappa shape index (κ2) is 4.14. The number of amides is 1. The lowest BCUT2D eigenvalue weighted by Gasteiger charge is -1.94. The zero-order valence-corrected chi connectivity index (χ0v) is 8.62. The molecule has 2 aromatic rings. The molecule has 0 fully saturated rings. The van der Waals surface area contributed by atoms with Crippen LogP contribution in [0.2, 0.25) is 0 Å². The van der Waals surface area contributed by atoms with Crippen LogP contribution in [0.5, 0.6) is 0 Å². The quantitative estimate of drug-likeness (QED) is 0.805. The molecular weight excluding hydrogens is 209 g/mol. The van der Waals surface area contributed by atoms with Crippen molar-refractivity contribution in [2.75, 3.05) is 7.05 Å². The number of halogens is 1. The van der Waals surface area contributed by atoms with Gasteiger partial charge in [-0.05, 0) is 30.3 Å². The van der Waals surface area contributed by atoms with Crippen molar-refractivity contribution >= 4 is 5.91 Å². The Kier molecular flexibility index (Phi) is 2.68. The van der Waals surface area contributed by atoms with Crippen molar-refractivity contribution in [2.24, 2.45) is 0 Å². The number of hydrogen-bond acceptors (Lipinski definition) is 2. The molecule has 0 unspecified atom stereocenters. The first-order valence-electron chi connectivity index (χ1n) is 4.74. The molecule has 0 radical (unpaired) electrons. The van der Waals surface area contributed by atoms with Gasteiger partial charge >= 0.3 is 0 Å². The standard InChI is InChI=1S/C11H10FN3O/c1-13-11(16)10-6-9(14-15-10)7-2-4-8(12)5-3-7/h2-6H,1H3,(H,13,16)(H,14,15). The molecule has 2 rings (SSSR count). The van der Waals surface area contributed by atoms with Gasteiger partial charge in [-0.15, -0.1) is 0 Å². The average Bonchev–Trinajstić information content (AvgIpc) is 2.78. The zero-order chi connectivity index (χ0) is 11.5. The molecule has 0 atom stereocenters. The topological polar surface area (TPSA) is 57.8 Å². The second-order valence-electron chi connectivity index (χ2n) is 3.25. The first kappa shape index (κ1) is 10.4. The van der Waals surface area contributed by atoms with Crippen LogP contribution >= 0.6 is 0 Å². The molecule has 0 aliphatic carbocycles. The number of nitrogens with one attached hydrogen (secondary N) is 2. The molecule has 0 saturated heterocycles. The maximum atomic E-state index is 12.7. The Morgan fingerprint density at radius 1 is 1.38 bits per heavy atom. The lowest BCUT2D eigenvalue weighted by Crippen LogP contribution is -2.17. The predicted octanol–water partition coefficient (Wildman–Crippen LogP) is 1.58. The van der Waals surface area contributed by atoms with Crippen LogP contribution in [0.1, 0.15) is 10.5 Å². The number of aromatic nitrogens is 2. The van der Waals surface area contributed by atoms with E-state index >= 15 is 0 Å². The molecule has 2 N–H and O–H groups in total. The molecular formula is C11H10FN3O. The highest BCUT2D eigenvalue weighted by molar-refractivity contribution is 5.93. The summed E-state index contributed by atoms with van der Waals surface area (Å²) in [6, 6.07) is 7.54. The monoisotopic (exact) mass is 219 g/mol. The molecule has 0 saturated carbocycles. The van der Waals surface area contributed by atoms with Gasteiger partial charge in [0.25, 0.3) is 5.91 Å². The summed E-state index contributed by atoms with van der Waals surface area (Å²) in [5.74, 6) is -0.535. The van der Waals surface area contributed by atoms with Gasteiger partial charge in [0.05, 0.1) is 5.69 Å². The highest BCUT2D eigenvalue weighted by Crippen LogP contribution is 2.17. The van der Waals surface area contributed by atoms with Gasteiger partial charge in [-0.1, -0.05) is 0 Å². The highest BCUT2D eigenvalue weighted by atomic mass is 19.1. The van der Waals surface area contributed by atoms with Crippen molar-refractivity contribution in [1.29, 1.82) is 0 Å². The number of hydrogen-bond donors (Lipinski definition) is 2. The van der Waals surface area contributed by atoms with Crippen molar-refractivity contribution < 1.29 is 9.18 Å². The Labute approximate surface area is 91.5 Å². The minimum atomic E-state index is -0.300. The number of carbonyl (C=O) groups is 1. The van der Waals surface area contributed by atoms with Gasteiger partial charge in [0.15, 0.2) is 0 Å². The molecule has 1 heterocycles. The third-order valence-corrected chi connectivity index (χ3v) is 2.19. The lowest BCUT2D eigenvalue weighted by molar-refractivity contribution is 0.0958. The molecule has 82 valence electrons. The fourth-order valence-corrected chi connectivity index (χ4v) is 1.34. The lowest BCUT2D eigenvalue weighted by atomic mass is 10.1. The molecule has 0 spiro atoms. The number of H-pyrrole nitrogens is 1. The number of rotatable bonds is 2. The number of nitrogens with zero attached hydrogens (tertiary/aromatic N) is 1. The van der Waals surface area contributed by atoms with Crippen molar-refractivity contribution in [2.45, 2.75) is 0 Å². The van der Waals surface area contributed by atoms with E-state index in [0.717, 1.165) is 5.56 Å². The van der Waals surface area contributed by atoms with E-state index in [9.17, 15) is 9.18 Å². The van der Waals surface area contributed by atoms with Crippen LogP contribution in [0, 0.1) is 5.82 Å². The van der Waals surface area contributed by atoms with Crippen molar-refractivity contribution in [3.8, 4) is 11.3 Å². The predicted molar refractivity (Wildman–Crippen MR) is 57.4 cm³/mol. The zero-order valence-electron chi connectivity index (χ0n) is 8.62. The summed E-state index contributed by atoms with van der Waals surface area (Å²) in [5, 5.41) is 9.08. The Morgan fingerprint density at radius 3 is 2.69 bits per heavy atom. The van der Waals surface area contributed by atoms with Crippen molar-refractivity contribution in [3.63, 3.8) is 0 Å². The maximum absolute atomic E-state index is 12.7. The maximum Gasteiger partial charge on any atom is 0.269 e. The summed E-state index contributed by atoms with van der Waals surface area (Å²) >= 11 is 0. The smallest absolute Gasteiger partial charge is 0.269 e. The molecule has 0 aliphatic heterocycles. The van der Waals surface area contributed by atoms with E-state index in [2.05, 4.69) is 15.5 Å². The van der Waals surface area contributed by atoms with E-state index in [4.69, 9.17) is 0 Å². The molecule has 1 aromatic heterocycles. The van der Waals surface area contributed by atoms with Crippen molar-refractivity contribution in [1.82, 2.24) is 15.5 Å². The molecule has 0 aliphatic rings. The van der Waals surface area contributed by atoms with Gasteiger partial charge in [0, 0.05) is 12.6 Å². The van der Waals surface area contributed by atoms with Crippen LogP contribution in [-0.2, 0) is 0 Å². The van der Waals surface area contributed by atoms with Gasteiger partial charge in [0.2, 0.25) is 0 Å². The van der Waals surface area contributed by atoms with Gasteiger partial charge < -0.3 is 5.32 Å². The third kappa shape index (κ3) is 1.93. The Balaban J connectivity index is 2.31. The Bertz CT molecular complexity index is 504. The van der Waals surface area contributed by atoms with Crippen molar-refractivity contribution in [3.05, 3.63) is 41.8 Å². The number of aromatic amines is 1. The van der Waals surface area contributed by atoms with E-state index in [1.165, 1.54) is 12.1 Å². The van der Waals surface area contributed by atoms with Crippen LogP contribution in [0.4, 0.5) is 4.39 Å². The largest absolute Gasteiger partial charge is 0.354 e. The average molecular weight is 219 g/mol. The van der Waals surface area contributed by atoms with Crippen LogP contribution in [0.3, 0.4) is 0 Å². The number of carbonyl (C=O) groups excluding carboxylic acids is 1. The number of benzene rings is 1. The third-order valence-electron chi connectivity index (χ3n) is 2.19. The first-order chi connectivity index (χ1) is 7.70. The van der Waals surface area contributed by atoms with Gasteiger partial charge in [-0.25, -0.2) is 4.39 Å². The van der Waals surface area contributed by atoms with E-state index in [1.807, 2.05) is 0 Å². The Hall–Kier alpha value is -2.17. The second-order valence-corrected chi connectivity index (χ2v) is 3.25. The van der Waals surface area contributed by atoms with Gasteiger partial charge in [-0.2, -0.15) is 5.10 Å². The summed E-state index contributed by atoms with van der Waals surface area (Å²) in [7, 11) is 1.54. The fraction of sp³-hybridized carbons (Fsp3) is 0.0909. The summed E-state index contributed by atoms with van der Waals surface area (Å²) in [6.45, 7) is 0. The van der Waals surface area contributed by atoms with Gasteiger partial charge in [0.1, 0.15) is 11.5 Å². The van der Waals surface area contributed by atoms with Crippen LogP contribution in [0.15, 0.2) is 30.3 Å². The highest BCUT2D eigenvalue weighted by Gasteiger charge is 2.08. The minimum Gasteiger partial charge on any atom is -0.354 e. The molecule has 5 heteroatoms. The van der Waals surface area contributed by atoms with Crippen LogP contribution in [-0.4, -0.2) is 23.2 Å². The minimum absolute atomic E-state index is 0.235. The normalized spacial score (nSPS) is 10.1. The molecule has 4 nitrogen and oxygen atoms in total. The molecule has 16 heavy (non-hydrogen) atoms. The molecule has 1 aromatic carbocycles. The molecule has 0 bridgehead atoms. The van der Waals surface area contributed by atoms with E-state index in [1.54, 1.807) is 25.2 Å². The van der Waals surface area contributed by atoms with Crippen LogP contribution in [0.25, 0.3) is 11.3 Å². The van der Waals surface area contributed by atoms with Gasteiger partial charge in [-0.3, -0.25) is 9.89 Å². The SMILES string of the molecule is CNC(=O)c1cc(-c2ccc(F)cc2)n[nH]1. The van der Waals surface area contributed by atoms with Crippen LogP contribution < -0.4 is 5.32 Å².